The van der Waals surface area contributed by atoms with E-state index in [4.69, 9.17) is 24.2 Å². The maximum absolute atomic E-state index is 9.87. The molecular formula is C42H53N3O6S2. The number of hydrogen-bond acceptors (Lipinski definition) is 11. The number of aromatic nitrogens is 2. The lowest BCUT2D eigenvalue weighted by molar-refractivity contribution is -0.223. The third kappa shape index (κ3) is 9.14. The van der Waals surface area contributed by atoms with Crippen molar-refractivity contribution in [2.24, 2.45) is 22.9 Å². The second-order valence-electron chi connectivity index (χ2n) is 13.8. The molecule has 2 aliphatic carbocycles. The Labute approximate surface area is 322 Å². The summed E-state index contributed by atoms with van der Waals surface area (Å²) in [5, 5.41) is 24.3. The van der Waals surface area contributed by atoms with Crippen molar-refractivity contribution in [2.45, 2.75) is 80.1 Å². The van der Waals surface area contributed by atoms with E-state index in [-0.39, 0.29) is 42.1 Å². The molecule has 6 unspecified atom stereocenters. The standard InChI is InChI=1S/C42H53N3O6S2/c1-4-23-48-42-39(53-24-18-30-28-43-19-20-44-30)27-37(45-49-5-2)35-25-29(10-6-8-21-46)34(11-7-9-22-47)40(41(35)42)36-26-32(14-17-38(36)51-42)50-31-12-15-33(52-3)16-13-31/h4,12-17,19-20,25-26,28-29,34,39-41,46-47H,1,5-11,18,21-24,27H2,2-3H3. The van der Waals surface area contributed by atoms with E-state index in [0.717, 1.165) is 90.5 Å². The van der Waals surface area contributed by atoms with Crippen LogP contribution in [0.4, 0.5) is 0 Å². The van der Waals surface area contributed by atoms with Gasteiger partial charge in [-0.2, -0.15) is 11.8 Å². The molecule has 9 nitrogen and oxygen atoms in total. The van der Waals surface area contributed by atoms with Gasteiger partial charge in [-0.15, -0.1) is 18.3 Å². The van der Waals surface area contributed by atoms with Crippen molar-refractivity contribution in [2.75, 3.05) is 38.4 Å². The number of benzene rings is 2. The van der Waals surface area contributed by atoms with E-state index >= 15 is 0 Å². The van der Waals surface area contributed by atoms with E-state index in [1.807, 2.05) is 49.1 Å². The van der Waals surface area contributed by atoms with Crippen LogP contribution in [0.2, 0.25) is 0 Å². The summed E-state index contributed by atoms with van der Waals surface area (Å²) >= 11 is 3.52. The van der Waals surface area contributed by atoms with Gasteiger partial charge in [-0.3, -0.25) is 9.97 Å². The van der Waals surface area contributed by atoms with Gasteiger partial charge in [-0.05, 0) is 104 Å². The van der Waals surface area contributed by atoms with Gasteiger partial charge < -0.3 is 29.3 Å². The highest BCUT2D eigenvalue weighted by Crippen LogP contribution is 2.62. The minimum Gasteiger partial charge on any atom is -0.460 e. The van der Waals surface area contributed by atoms with Crippen LogP contribution < -0.4 is 9.47 Å². The van der Waals surface area contributed by atoms with Gasteiger partial charge >= 0.3 is 0 Å². The van der Waals surface area contributed by atoms with Gasteiger partial charge in [0.05, 0.1) is 29.2 Å². The number of thioether (sulfide) groups is 2. The molecule has 0 spiro atoms. The molecule has 6 atom stereocenters. The topological polar surface area (TPSA) is 116 Å². The predicted octanol–water partition coefficient (Wildman–Crippen LogP) is 8.62. The van der Waals surface area contributed by atoms with Crippen molar-refractivity contribution in [3.8, 4) is 17.2 Å². The Morgan fingerprint density at radius 1 is 1.04 bits per heavy atom. The Kier molecular flexibility index (Phi) is 14.3. The monoisotopic (exact) mass is 759 g/mol. The first-order chi connectivity index (χ1) is 26.0. The zero-order valence-corrected chi connectivity index (χ0v) is 32.5. The lowest BCUT2D eigenvalue weighted by atomic mass is 9.56. The fourth-order valence-electron chi connectivity index (χ4n) is 8.23. The number of hydrogen-bond donors (Lipinski definition) is 2. The summed E-state index contributed by atoms with van der Waals surface area (Å²) in [6, 6.07) is 14.4. The van der Waals surface area contributed by atoms with Crippen molar-refractivity contribution < 1.29 is 29.3 Å². The molecular weight excluding hydrogens is 707 g/mol. The normalized spacial score (nSPS) is 25.2. The Morgan fingerprint density at radius 2 is 1.83 bits per heavy atom. The Bertz CT molecular complexity index is 1690. The number of unbranched alkanes of at least 4 members (excludes halogenated alkanes) is 2. The maximum Gasteiger partial charge on any atom is 0.230 e. The van der Waals surface area contributed by atoms with Gasteiger partial charge in [0.2, 0.25) is 5.79 Å². The lowest BCUT2D eigenvalue weighted by Crippen LogP contribution is -2.64. The van der Waals surface area contributed by atoms with Crippen molar-refractivity contribution in [1.29, 1.82) is 0 Å². The molecule has 2 heterocycles. The Balaban J connectivity index is 1.49. The minimum atomic E-state index is -1.02. The molecule has 0 saturated heterocycles. The zero-order chi connectivity index (χ0) is 37.0. The molecule has 3 aliphatic rings. The number of oxime groups is 1. The third-order valence-corrected chi connectivity index (χ3v) is 12.6. The third-order valence-electron chi connectivity index (χ3n) is 10.5. The van der Waals surface area contributed by atoms with Crippen molar-refractivity contribution in [1.82, 2.24) is 9.97 Å². The van der Waals surface area contributed by atoms with Gasteiger partial charge in [0.25, 0.3) is 0 Å². The van der Waals surface area contributed by atoms with E-state index in [0.29, 0.717) is 19.6 Å². The summed E-state index contributed by atoms with van der Waals surface area (Å²) in [7, 11) is 0. The smallest absolute Gasteiger partial charge is 0.230 e. The molecule has 6 rings (SSSR count). The molecule has 3 aromatic rings. The number of aryl methyl sites for hydroxylation is 1. The highest BCUT2D eigenvalue weighted by atomic mass is 32.2. The van der Waals surface area contributed by atoms with Crippen LogP contribution in [-0.4, -0.2) is 75.4 Å². The average molecular weight is 760 g/mol. The molecule has 0 amide bonds. The fourth-order valence-corrected chi connectivity index (χ4v) is 10.0. The van der Waals surface area contributed by atoms with Crippen molar-refractivity contribution in [3.05, 3.63) is 96.6 Å². The van der Waals surface area contributed by atoms with Crippen molar-refractivity contribution in [3.63, 3.8) is 0 Å². The fraction of sp³-hybridized carbons (Fsp3) is 0.500. The summed E-state index contributed by atoms with van der Waals surface area (Å²) < 4.78 is 20.8. The van der Waals surface area contributed by atoms with E-state index in [1.165, 1.54) is 4.90 Å². The molecule has 0 bridgehead atoms. The van der Waals surface area contributed by atoms with Crippen LogP contribution in [0.1, 0.15) is 69.0 Å². The molecule has 1 saturated carbocycles. The SMILES string of the molecule is C=CCOC12Oc3ccc(Oc4ccc(SC)cc4)cc3C3C(CCCCO)C(CCCCO)C=C(C(=NOCC)CC1SCCc1cnccn1)C32. The number of aliphatic hydroxyl groups excluding tert-OH is 2. The quantitative estimate of drug-likeness (QED) is 0.0502. The molecule has 284 valence electrons. The largest absolute Gasteiger partial charge is 0.460 e. The van der Waals surface area contributed by atoms with Crippen molar-refractivity contribution >= 4 is 29.2 Å². The molecule has 11 heteroatoms. The summed E-state index contributed by atoms with van der Waals surface area (Å²) in [6.45, 7) is 7.12. The first kappa shape index (κ1) is 39.3. The first-order valence-corrected chi connectivity index (χ1v) is 21.2. The van der Waals surface area contributed by atoms with Crippen LogP contribution in [0, 0.1) is 17.8 Å². The van der Waals surface area contributed by atoms with Crippen LogP contribution in [0.3, 0.4) is 0 Å². The molecule has 1 aliphatic heterocycles. The number of aliphatic hydroxyl groups is 2. The maximum atomic E-state index is 9.87. The van der Waals surface area contributed by atoms with E-state index in [1.54, 1.807) is 30.2 Å². The molecule has 2 N–H and O–H groups in total. The van der Waals surface area contributed by atoms with Crippen LogP contribution >= 0.6 is 23.5 Å². The number of rotatable bonds is 20. The predicted molar refractivity (Wildman–Crippen MR) is 213 cm³/mol. The molecule has 2 aromatic carbocycles. The zero-order valence-electron chi connectivity index (χ0n) is 30.9. The summed E-state index contributed by atoms with van der Waals surface area (Å²) in [4.78, 5) is 15.8. The minimum absolute atomic E-state index is 0.000909. The number of fused-ring (bicyclic) bond motifs is 2. The van der Waals surface area contributed by atoms with Gasteiger partial charge in [-0.1, -0.05) is 30.1 Å². The summed E-state index contributed by atoms with van der Waals surface area (Å²) in [6.07, 6.45) is 18.1. The van der Waals surface area contributed by atoms with Gasteiger partial charge in [0.15, 0.2) is 0 Å². The summed E-state index contributed by atoms with van der Waals surface area (Å²) in [5.74, 6) is 2.34. The highest BCUT2D eigenvalue weighted by Gasteiger charge is 2.64. The van der Waals surface area contributed by atoms with Gasteiger partial charge in [0, 0.05) is 61.0 Å². The average Bonchev–Trinajstić information content (AvgIpc) is 3.19. The van der Waals surface area contributed by atoms with E-state index in [2.05, 4.69) is 47.1 Å². The van der Waals surface area contributed by atoms with Crippen LogP contribution in [0.15, 0.2) is 95.4 Å². The highest BCUT2D eigenvalue weighted by molar-refractivity contribution is 8.00. The second-order valence-corrected chi connectivity index (χ2v) is 15.9. The first-order valence-electron chi connectivity index (χ1n) is 18.9. The number of nitrogens with zero attached hydrogens (tertiary/aromatic N) is 3. The van der Waals surface area contributed by atoms with Crippen LogP contribution in [0.25, 0.3) is 0 Å². The molecule has 53 heavy (non-hydrogen) atoms. The summed E-state index contributed by atoms with van der Waals surface area (Å²) in [5.41, 5.74) is 4.09. The van der Waals surface area contributed by atoms with Crippen LogP contribution in [-0.2, 0) is 16.0 Å². The van der Waals surface area contributed by atoms with Crippen LogP contribution in [0.5, 0.6) is 17.2 Å². The Hall–Kier alpha value is -3.35. The van der Waals surface area contributed by atoms with Gasteiger partial charge in [-0.25, -0.2) is 0 Å². The second kappa shape index (κ2) is 19.3. The number of allylic oxidation sites excluding steroid dienone is 1. The molecule has 0 radical (unpaired) electrons. The van der Waals surface area contributed by atoms with E-state index < -0.39 is 5.79 Å². The molecule has 1 fully saturated rings. The van der Waals surface area contributed by atoms with E-state index in [9.17, 15) is 10.2 Å². The van der Waals surface area contributed by atoms with Gasteiger partial charge in [0.1, 0.15) is 23.9 Å². The Morgan fingerprint density at radius 3 is 2.55 bits per heavy atom. The lowest BCUT2D eigenvalue weighted by Gasteiger charge is -2.58. The molecule has 1 aromatic heterocycles. The number of ether oxygens (including phenoxy) is 3.